The predicted molar refractivity (Wildman–Crippen MR) is 84.2 cm³/mol. The Labute approximate surface area is 130 Å². The van der Waals surface area contributed by atoms with Crippen LogP contribution in [0.4, 0.5) is 10.8 Å². The number of rotatable bonds is 5. The van der Waals surface area contributed by atoms with Crippen molar-refractivity contribution in [3.63, 3.8) is 0 Å². The van der Waals surface area contributed by atoms with Crippen molar-refractivity contribution in [3.05, 3.63) is 28.8 Å². The van der Waals surface area contributed by atoms with Gasteiger partial charge < -0.3 is 10.6 Å². The molecule has 0 aliphatic heterocycles. The summed E-state index contributed by atoms with van der Waals surface area (Å²) >= 11 is 8.82. The van der Waals surface area contributed by atoms with Gasteiger partial charge in [-0.3, -0.25) is 4.79 Å². The van der Waals surface area contributed by atoms with E-state index in [0.717, 1.165) is 15.6 Å². The largest absolute Gasteiger partial charge is 0.358 e. The van der Waals surface area contributed by atoms with E-state index in [1.165, 1.54) is 23.1 Å². The Bertz CT molecular complexity index is 617. The Morgan fingerprint density at radius 2 is 2.25 bits per heavy atom. The molecule has 0 radical (unpaired) electrons. The zero-order valence-corrected chi connectivity index (χ0v) is 13.3. The normalized spacial score (nSPS) is 10.3. The van der Waals surface area contributed by atoms with Crippen molar-refractivity contribution >= 4 is 51.4 Å². The number of nitrogens with zero attached hydrogens (tertiary/aromatic N) is 2. The summed E-state index contributed by atoms with van der Waals surface area (Å²) in [5.41, 5.74) is 1.89. The first-order chi connectivity index (χ1) is 9.58. The van der Waals surface area contributed by atoms with Gasteiger partial charge in [0.2, 0.25) is 11.0 Å². The maximum Gasteiger partial charge on any atom is 0.230 e. The van der Waals surface area contributed by atoms with E-state index in [4.69, 9.17) is 11.6 Å². The van der Waals surface area contributed by atoms with Crippen LogP contribution in [-0.2, 0) is 4.79 Å². The van der Waals surface area contributed by atoms with Crippen molar-refractivity contribution in [2.45, 2.75) is 11.3 Å². The van der Waals surface area contributed by atoms with Crippen LogP contribution < -0.4 is 10.6 Å². The first kappa shape index (κ1) is 15.1. The Morgan fingerprint density at radius 3 is 2.95 bits per heavy atom. The van der Waals surface area contributed by atoms with E-state index in [0.29, 0.717) is 15.9 Å². The molecule has 106 valence electrons. The lowest BCUT2D eigenvalue weighted by Crippen LogP contribution is -2.19. The van der Waals surface area contributed by atoms with Crippen LogP contribution in [0, 0.1) is 6.92 Å². The molecule has 0 aliphatic rings. The molecule has 0 aliphatic carbocycles. The van der Waals surface area contributed by atoms with Crippen molar-refractivity contribution < 1.29 is 4.79 Å². The number of thioether (sulfide) groups is 1. The average Bonchev–Trinajstić information content (AvgIpc) is 2.88. The lowest BCUT2D eigenvalue weighted by molar-refractivity contribution is -0.118. The number of carbonyl (C=O) groups excluding carboxylic acids is 1. The van der Waals surface area contributed by atoms with Gasteiger partial charge in [-0.25, -0.2) is 0 Å². The van der Waals surface area contributed by atoms with E-state index < -0.39 is 0 Å². The van der Waals surface area contributed by atoms with E-state index in [9.17, 15) is 4.79 Å². The standard InChI is InChI=1S/C12H13ClN4OS2/c1-7-3-4-8(5-9(7)13)15-11-16-17-12(20-11)19-6-10(18)14-2/h3-5H,6H2,1-2H3,(H,14,18)(H,15,16). The van der Waals surface area contributed by atoms with E-state index in [2.05, 4.69) is 20.8 Å². The van der Waals surface area contributed by atoms with Crippen LogP contribution in [0.2, 0.25) is 5.02 Å². The topological polar surface area (TPSA) is 66.9 Å². The van der Waals surface area contributed by atoms with E-state index in [1.807, 2.05) is 25.1 Å². The number of halogens is 1. The van der Waals surface area contributed by atoms with Crippen LogP contribution in [0.15, 0.2) is 22.5 Å². The molecule has 5 nitrogen and oxygen atoms in total. The summed E-state index contributed by atoms with van der Waals surface area (Å²) in [7, 11) is 1.61. The number of carbonyl (C=O) groups is 1. The maximum atomic E-state index is 11.1. The number of benzene rings is 1. The second-order valence-electron chi connectivity index (χ2n) is 3.92. The van der Waals surface area contributed by atoms with Crippen LogP contribution in [0.5, 0.6) is 0 Å². The molecule has 1 amide bonds. The molecule has 0 saturated carbocycles. The number of hydrogen-bond donors (Lipinski definition) is 2. The Balaban J connectivity index is 1.98. The summed E-state index contributed by atoms with van der Waals surface area (Å²) in [5.74, 6) is 0.298. The van der Waals surface area contributed by atoms with Gasteiger partial charge in [0, 0.05) is 17.8 Å². The number of anilines is 2. The highest BCUT2D eigenvalue weighted by atomic mass is 35.5. The quantitative estimate of drug-likeness (QED) is 0.826. The van der Waals surface area contributed by atoms with Crippen LogP contribution in [0.3, 0.4) is 0 Å². The molecule has 0 bridgehead atoms. The molecular weight excluding hydrogens is 316 g/mol. The first-order valence-electron chi connectivity index (χ1n) is 5.78. The number of amides is 1. The van der Waals surface area contributed by atoms with Crippen molar-refractivity contribution in [1.82, 2.24) is 15.5 Å². The zero-order valence-electron chi connectivity index (χ0n) is 10.9. The molecule has 8 heteroatoms. The monoisotopic (exact) mass is 328 g/mol. The van der Waals surface area contributed by atoms with Gasteiger partial charge in [-0.05, 0) is 24.6 Å². The first-order valence-corrected chi connectivity index (χ1v) is 7.96. The lowest BCUT2D eigenvalue weighted by atomic mass is 10.2. The van der Waals surface area contributed by atoms with Crippen molar-refractivity contribution in [1.29, 1.82) is 0 Å². The van der Waals surface area contributed by atoms with Crippen molar-refractivity contribution in [3.8, 4) is 0 Å². The molecular formula is C12H13ClN4OS2. The van der Waals surface area contributed by atoms with E-state index in [-0.39, 0.29) is 5.91 Å². The minimum Gasteiger partial charge on any atom is -0.358 e. The fourth-order valence-corrected chi connectivity index (χ4v) is 3.14. The number of aryl methyl sites for hydroxylation is 1. The average molecular weight is 329 g/mol. The SMILES string of the molecule is CNC(=O)CSc1nnc(Nc2ccc(C)c(Cl)c2)s1. The second kappa shape index (κ2) is 6.92. The summed E-state index contributed by atoms with van der Waals surface area (Å²) < 4.78 is 0.745. The highest BCUT2D eigenvalue weighted by molar-refractivity contribution is 8.01. The van der Waals surface area contributed by atoms with E-state index in [1.54, 1.807) is 7.05 Å². The number of nitrogens with one attached hydrogen (secondary N) is 2. The highest BCUT2D eigenvalue weighted by Gasteiger charge is 2.08. The molecule has 2 aromatic rings. The molecule has 0 saturated heterocycles. The van der Waals surface area contributed by atoms with Crippen molar-refractivity contribution in [2.24, 2.45) is 0 Å². The van der Waals surface area contributed by atoms with Gasteiger partial charge in [0.1, 0.15) is 0 Å². The molecule has 0 fully saturated rings. The van der Waals surface area contributed by atoms with Crippen LogP contribution >= 0.6 is 34.7 Å². The predicted octanol–water partition coefficient (Wildman–Crippen LogP) is 3.08. The smallest absolute Gasteiger partial charge is 0.230 e. The molecule has 20 heavy (non-hydrogen) atoms. The number of hydrogen-bond acceptors (Lipinski definition) is 6. The summed E-state index contributed by atoms with van der Waals surface area (Å²) in [6.45, 7) is 1.95. The third kappa shape index (κ3) is 4.09. The third-order valence-electron chi connectivity index (χ3n) is 2.44. The lowest BCUT2D eigenvalue weighted by Gasteiger charge is -2.03. The Kier molecular flexibility index (Phi) is 5.22. The molecule has 2 N–H and O–H groups in total. The second-order valence-corrected chi connectivity index (χ2v) is 6.53. The molecule has 1 aromatic heterocycles. The van der Waals surface area contributed by atoms with Crippen LogP contribution in [-0.4, -0.2) is 28.9 Å². The number of aromatic nitrogens is 2. The summed E-state index contributed by atoms with van der Waals surface area (Å²) in [6.07, 6.45) is 0. The summed E-state index contributed by atoms with van der Waals surface area (Å²) in [5, 5.41) is 15.1. The molecule has 1 heterocycles. The van der Waals surface area contributed by atoms with Gasteiger partial charge in [0.15, 0.2) is 4.34 Å². The fraction of sp³-hybridized carbons (Fsp3) is 0.250. The fourth-order valence-electron chi connectivity index (χ4n) is 1.31. The van der Waals surface area contributed by atoms with Gasteiger partial charge in [0.05, 0.1) is 5.75 Å². The van der Waals surface area contributed by atoms with Gasteiger partial charge in [-0.15, -0.1) is 10.2 Å². The molecule has 1 aromatic carbocycles. The minimum atomic E-state index is -0.0370. The van der Waals surface area contributed by atoms with Crippen LogP contribution in [0.1, 0.15) is 5.56 Å². The zero-order chi connectivity index (χ0) is 14.5. The Morgan fingerprint density at radius 1 is 1.45 bits per heavy atom. The maximum absolute atomic E-state index is 11.1. The molecule has 0 unspecified atom stereocenters. The molecule has 0 spiro atoms. The van der Waals surface area contributed by atoms with Crippen molar-refractivity contribution in [2.75, 3.05) is 18.1 Å². The summed E-state index contributed by atoms with van der Waals surface area (Å²) in [4.78, 5) is 11.1. The van der Waals surface area contributed by atoms with Crippen LogP contribution in [0.25, 0.3) is 0 Å². The molecule has 2 rings (SSSR count). The van der Waals surface area contributed by atoms with Gasteiger partial charge >= 0.3 is 0 Å². The van der Waals surface area contributed by atoms with Gasteiger partial charge in [-0.1, -0.05) is 40.8 Å². The van der Waals surface area contributed by atoms with Gasteiger partial charge in [-0.2, -0.15) is 0 Å². The summed E-state index contributed by atoms with van der Waals surface area (Å²) in [6, 6.07) is 5.71. The molecule has 0 atom stereocenters. The highest BCUT2D eigenvalue weighted by Crippen LogP contribution is 2.28. The third-order valence-corrected chi connectivity index (χ3v) is 4.81. The minimum absolute atomic E-state index is 0.0370. The Hall–Kier alpha value is -1.31. The van der Waals surface area contributed by atoms with E-state index >= 15 is 0 Å². The van der Waals surface area contributed by atoms with Gasteiger partial charge in [0.25, 0.3) is 0 Å².